The summed E-state index contributed by atoms with van der Waals surface area (Å²) in [5, 5.41) is 10.4. The highest BCUT2D eigenvalue weighted by Crippen LogP contribution is 2.34. The number of nitro groups is 1. The Balaban J connectivity index is 2.72. The lowest BCUT2D eigenvalue weighted by molar-refractivity contribution is -0.422. The first kappa shape index (κ1) is 14.4. The molecule has 7 nitrogen and oxygen atoms in total. The Hall–Kier alpha value is -1.69. The van der Waals surface area contributed by atoms with E-state index in [4.69, 9.17) is 14.5 Å². The Morgan fingerprint density at radius 2 is 2.00 bits per heavy atom. The number of rotatable bonds is 5. The van der Waals surface area contributed by atoms with Crippen LogP contribution in [0.4, 0.5) is 0 Å². The van der Waals surface area contributed by atoms with E-state index in [1.54, 1.807) is 12.1 Å². The van der Waals surface area contributed by atoms with Gasteiger partial charge < -0.3 is 14.5 Å². The quantitative estimate of drug-likeness (QED) is 0.481. The van der Waals surface area contributed by atoms with Crippen LogP contribution in [0.5, 0.6) is 5.75 Å². The van der Waals surface area contributed by atoms with Crippen LogP contribution >= 0.6 is 7.60 Å². The molecule has 0 atom stereocenters. The van der Waals surface area contributed by atoms with E-state index in [0.717, 1.165) is 0 Å². The average molecular weight is 273 g/mol. The van der Waals surface area contributed by atoms with Gasteiger partial charge in [-0.15, -0.1) is 0 Å². The zero-order chi connectivity index (χ0) is 13.8. The van der Waals surface area contributed by atoms with Gasteiger partial charge in [-0.1, -0.05) is 12.1 Å². The van der Waals surface area contributed by atoms with Gasteiger partial charge >= 0.3 is 7.60 Å². The smallest absolute Gasteiger partial charge is 0.362 e. The second-order valence-electron chi connectivity index (χ2n) is 3.55. The van der Waals surface area contributed by atoms with Gasteiger partial charge in [0.15, 0.2) is 6.35 Å². The normalized spacial score (nSPS) is 12.3. The van der Waals surface area contributed by atoms with Crippen LogP contribution in [0.15, 0.2) is 30.0 Å². The van der Waals surface area contributed by atoms with Crippen molar-refractivity contribution in [3.63, 3.8) is 0 Å². The molecule has 0 amide bonds. The van der Waals surface area contributed by atoms with Gasteiger partial charge in [0.05, 0.1) is 4.92 Å². The third-order valence-electron chi connectivity index (χ3n) is 1.94. The lowest BCUT2D eigenvalue weighted by Gasteiger charge is -2.07. The topological polar surface area (TPSA) is 110 Å². The molecule has 0 radical (unpaired) electrons. The van der Waals surface area contributed by atoms with E-state index in [0.29, 0.717) is 5.56 Å². The van der Waals surface area contributed by atoms with Gasteiger partial charge in [-0.3, -0.25) is 14.7 Å². The number of benzene rings is 1. The summed E-state index contributed by atoms with van der Waals surface area (Å²) in [5.41, 5.74) is 0.603. The summed E-state index contributed by atoms with van der Waals surface area (Å²) >= 11 is 0. The minimum atomic E-state index is -4.20. The van der Waals surface area contributed by atoms with Crippen LogP contribution < -0.4 is 4.74 Å². The lowest BCUT2D eigenvalue weighted by atomic mass is 10.2. The van der Waals surface area contributed by atoms with E-state index in [9.17, 15) is 14.7 Å². The second-order valence-corrected chi connectivity index (χ2v) is 5.14. The summed E-state index contributed by atoms with van der Waals surface area (Å²) in [6, 6.07) is 6.08. The third kappa shape index (κ3) is 5.09. The van der Waals surface area contributed by atoms with E-state index in [2.05, 4.69) is 0 Å². The van der Waals surface area contributed by atoms with Crippen molar-refractivity contribution in [2.75, 3.05) is 6.35 Å². The summed E-state index contributed by atoms with van der Waals surface area (Å²) in [7, 11) is -4.20. The maximum Gasteiger partial charge on any atom is 0.362 e. The van der Waals surface area contributed by atoms with Crippen molar-refractivity contribution < 1.29 is 24.0 Å². The largest absolute Gasteiger partial charge is 0.481 e. The van der Waals surface area contributed by atoms with Crippen LogP contribution in [0.2, 0.25) is 0 Å². The van der Waals surface area contributed by atoms with Crippen LogP contribution in [0.3, 0.4) is 0 Å². The highest BCUT2D eigenvalue weighted by Gasteiger charge is 2.13. The van der Waals surface area contributed by atoms with E-state index in [1.807, 2.05) is 0 Å². The molecule has 1 rings (SSSR count). The lowest BCUT2D eigenvalue weighted by Crippen LogP contribution is -1.97. The van der Waals surface area contributed by atoms with Gasteiger partial charge in [0, 0.05) is 13.0 Å². The second kappa shape index (κ2) is 5.77. The van der Waals surface area contributed by atoms with Gasteiger partial charge in [-0.2, -0.15) is 0 Å². The molecule has 0 unspecified atom stereocenters. The molecule has 0 saturated carbocycles. The Labute approximate surface area is 103 Å². The Kier molecular flexibility index (Phi) is 4.61. The van der Waals surface area contributed by atoms with Crippen LogP contribution in [0.25, 0.3) is 6.08 Å². The molecule has 0 aliphatic heterocycles. The molecule has 1 aromatic carbocycles. The van der Waals surface area contributed by atoms with Gasteiger partial charge in [-0.25, -0.2) is 0 Å². The van der Waals surface area contributed by atoms with Crippen LogP contribution in [0, 0.1) is 10.1 Å². The molecule has 2 N–H and O–H groups in total. The zero-order valence-electron chi connectivity index (χ0n) is 9.52. The SMILES string of the molecule is CC(=Cc1ccc(OCP(=O)(O)O)cc1)[N+](=O)[O-]. The summed E-state index contributed by atoms with van der Waals surface area (Å²) < 4.78 is 15.4. The molecule has 0 fully saturated rings. The predicted octanol–water partition coefficient (Wildman–Crippen LogP) is 1.84. The van der Waals surface area contributed by atoms with Gasteiger partial charge in [-0.05, 0) is 17.7 Å². The van der Waals surface area contributed by atoms with Gasteiger partial charge in [0.1, 0.15) is 5.75 Å². The van der Waals surface area contributed by atoms with Crippen LogP contribution in [0.1, 0.15) is 12.5 Å². The summed E-state index contributed by atoms with van der Waals surface area (Å²) in [4.78, 5) is 27.1. The van der Waals surface area contributed by atoms with Crippen molar-refractivity contribution in [1.29, 1.82) is 0 Å². The first-order chi connectivity index (χ1) is 8.28. The van der Waals surface area contributed by atoms with Crippen molar-refractivity contribution in [1.82, 2.24) is 0 Å². The molecule has 0 bridgehead atoms. The molecular formula is C10H12NO6P. The molecule has 0 heterocycles. The predicted molar refractivity (Wildman–Crippen MR) is 64.6 cm³/mol. The van der Waals surface area contributed by atoms with Gasteiger partial charge in [0.25, 0.3) is 0 Å². The number of ether oxygens (including phenoxy) is 1. The van der Waals surface area contributed by atoms with Crippen molar-refractivity contribution in [3.05, 3.63) is 45.6 Å². The van der Waals surface area contributed by atoms with Crippen molar-refractivity contribution in [3.8, 4) is 5.75 Å². The molecule has 98 valence electrons. The van der Waals surface area contributed by atoms with E-state index in [1.165, 1.54) is 25.1 Å². The molecule has 0 aromatic heterocycles. The number of nitrogens with zero attached hydrogens (tertiary/aromatic N) is 1. The maximum absolute atomic E-state index is 10.6. The van der Waals surface area contributed by atoms with Crippen molar-refractivity contribution in [2.24, 2.45) is 0 Å². The highest BCUT2D eigenvalue weighted by atomic mass is 31.2. The van der Waals surface area contributed by atoms with Crippen molar-refractivity contribution in [2.45, 2.75) is 6.92 Å². The molecule has 18 heavy (non-hydrogen) atoms. The maximum atomic E-state index is 10.6. The molecule has 0 aliphatic carbocycles. The monoisotopic (exact) mass is 273 g/mol. The fraction of sp³-hybridized carbons (Fsp3) is 0.200. The first-order valence-corrected chi connectivity index (χ1v) is 6.68. The van der Waals surface area contributed by atoms with E-state index in [-0.39, 0.29) is 11.4 Å². The molecule has 0 spiro atoms. The fourth-order valence-electron chi connectivity index (χ4n) is 1.11. The first-order valence-electron chi connectivity index (χ1n) is 4.88. The highest BCUT2D eigenvalue weighted by molar-refractivity contribution is 7.51. The minimum Gasteiger partial charge on any atom is -0.481 e. The van der Waals surface area contributed by atoms with Crippen LogP contribution in [-0.2, 0) is 4.57 Å². The number of hydrogen-bond donors (Lipinski definition) is 2. The Morgan fingerprint density at radius 3 is 2.44 bits per heavy atom. The molecule has 8 heteroatoms. The molecule has 1 aromatic rings. The zero-order valence-corrected chi connectivity index (χ0v) is 10.4. The third-order valence-corrected chi connectivity index (χ3v) is 2.41. The average Bonchev–Trinajstić information content (AvgIpc) is 2.27. The van der Waals surface area contributed by atoms with Crippen LogP contribution in [-0.4, -0.2) is 21.1 Å². The fourth-order valence-corrected chi connectivity index (χ4v) is 1.43. The Bertz CT molecular complexity index is 504. The van der Waals surface area contributed by atoms with E-state index >= 15 is 0 Å². The minimum absolute atomic E-state index is 0.00103. The molecule has 0 aliphatic rings. The van der Waals surface area contributed by atoms with E-state index < -0.39 is 18.9 Å². The summed E-state index contributed by atoms with van der Waals surface area (Å²) in [6.07, 6.45) is 0.683. The van der Waals surface area contributed by atoms with Crippen molar-refractivity contribution >= 4 is 13.7 Å². The standard InChI is InChI=1S/C10H12NO6P/c1-8(11(12)13)6-9-2-4-10(5-3-9)17-7-18(14,15)16/h2-6H,7H2,1H3,(H2,14,15,16). The summed E-state index contributed by atoms with van der Waals surface area (Å²) in [5.74, 6) is 0.286. The summed E-state index contributed by atoms with van der Waals surface area (Å²) in [6.45, 7) is 1.37. The number of allylic oxidation sites excluding steroid dienone is 1. The molecular weight excluding hydrogens is 261 g/mol. The van der Waals surface area contributed by atoms with Gasteiger partial charge in [0.2, 0.25) is 5.70 Å². The Morgan fingerprint density at radius 1 is 1.44 bits per heavy atom. The molecule has 0 saturated heterocycles. The number of hydrogen-bond acceptors (Lipinski definition) is 4.